The number of methoxy groups -OCH3 is 1. The molecule has 2 aromatic carbocycles. The second-order valence-electron chi connectivity index (χ2n) is 5.52. The lowest BCUT2D eigenvalue weighted by Crippen LogP contribution is -2.92. The number of carbonyl (C=O) groups excluding carboxylic acids is 1. The molecule has 1 amide bonds. The molecule has 24 heavy (non-hydrogen) atoms. The number of hydrogen-bond acceptors (Lipinski definition) is 2. The van der Waals surface area contributed by atoms with Crippen LogP contribution in [0, 0.1) is 0 Å². The molecule has 3 N–H and O–H groups in total. The molecule has 128 valence electrons. The Hall–Kier alpha value is -1.75. The van der Waals surface area contributed by atoms with Crippen molar-refractivity contribution in [2.75, 3.05) is 19.0 Å². The number of quaternary nitrogens is 1. The maximum absolute atomic E-state index is 12.3. The van der Waals surface area contributed by atoms with Gasteiger partial charge in [-0.2, -0.15) is 0 Å². The van der Waals surface area contributed by atoms with Gasteiger partial charge in [0.15, 0.2) is 6.04 Å². The van der Waals surface area contributed by atoms with E-state index in [0.29, 0.717) is 16.5 Å². The largest absolute Gasteiger partial charge is 0.495 e. The van der Waals surface area contributed by atoms with Crippen molar-refractivity contribution in [2.24, 2.45) is 0 Å². The minimum Gasteiger partial charge on any atom is -0.495 e. The van der Waals surface area contributed by atoms with E-state index >= 15 is 0 Å². The highest BCUT2D eigenvalue weighted by Gasteiger charge is 2.17. The average Bonchev–Trinajstić information content (AvgIpc) is 2.56. The molecule has 0 radical (unpaired) electrons. The van der Waals surface area contributed by atoms with Crippen LogP contribution in [0.4, 0.5) is 5.69 Å². The zero-order valence-corrected chi connectivity index (χ0v) is 15.2. The quantitative estimate of drug-likeness (QED) is 0.789. The number of anilines is 1. The molecule has 0 unspecified atom stereocenters. The molecule has 0 saturated carbocycles. The molecule has 1 atom stereocenters. The predicted molar refractivity (Wildman–Crippen MR) is 98.0 cm³/mol. The zero-order valence-electron chi connectivity index (χ0n) is 13.7. The number of halogens is 2. The fraction of sp³-hybridized carbons (Fsp3) is 0.278. The first-order chi connectivity index (χ1) is 11.5. The van der Waals surface area contributed by atoms with E-state index in [-0.39, 0.29) is 11.9 Å². The van der Waals surface area contributed by atoms with E-state index in [1.807, 2.05) is 36.5 Å². The van der Waals surface area contributed by atoms with Gasteiger partial charge in [0, 0.05) is 16.5 Å². The molecule has 0 bridgehead atoms. The van der Waals surface area contributed by atoms with Gasteiger partial charge in [-0.25, -0.2) is 0 Å². The molecule has 0 aliphatic heterocycles. The van der Waals surface area contributed by atoms with Crippen LogP contribution in [-0.2, 0) is 11.2 Å². The lowest BCUT2D eigenvalue weighted by Gasteiger charge is -2.14. The van der Waals surface area contributed by atoms with Gasteiger partial charge in [-0.15, -0.1) is 0 Å². The third-order valence-electron chi connectivity index (χ3n) is 3.70. The van der Waals surface area contributed by atoms with E-state index in [1.54, 1.807) is 25.3 Å². The Bertz CT molecular complexity index is 690. The van der Waals surface area contributed by atoms with Crippen LogP contribution in [0.2, 0.25) is 10.0 Å². The molecule has 4 nitrogen and oxygen atoms in total. The third kappa shape index (κ3) is 5.41. The van der Waals surface area contributed by atoms with Crippen molar-refractivity contribution >= 4 is 34.8 Å². The fourth-order valence-electron chi connectivity index (χ4n) is 2.28. The number of nitrogens with two attached hydrogens (primary N) is 1. The summed E-state index contributed by atoms with van der Waals surface area (Å²) >= 11 is 11.8. The summed E-state index contributed by atoms with van der Waals surface area (Å²) in [5.74, 6) is 0.493. The normalized spacial score (nSPS) is 11.8. The zero-order chi connectivity index (χ0) is 17.5. The SMILES string of the molecule is COc1ccc(Cl)cc1NC(=O)[C@H](C)[NH2+]CCc1ccc(Cl)cc1. The summed E-state index contributed by atoms with van der Waals surface area (Å²) in [6.07, 6.45) is 0.870. The summed E-state index contributed by atoms with van der Waals surface area (Å²) in [5.41, 5.74) is 1.77. The number of ether oxygens (including phenoxy) is 1. The van der Waals surface area contributed by atoms with Crippen LogP contribution in [0.3, 0.4) is 0 Å². The van der Waals surface area contributed by atoms with Crippen LogP contribution in [0.25, 0.3) is 0 Å². The first-order valence-electron chi connectivity index (χ1n) is 7.72. The van der Waals surface area contributed by atoms with Crippen molar-refractivity contribution in [1.29, 1.82) is 0 Å². The van der Waals surface area contributed by atoms with Gasteiger partial charge in [0.05, 0.1) is 19.3 Å². The number of amides is 1. The Morgan fingerprint density at radius 2 is 1.83 bits per heavy atom. The molecule has 0 aromatic heterocycles. The number of nitrogens with one attached hydrogen (secondary N) is 1. The predicted octanol–water partition coefficient (Wildman–Crippen LogP) is 3.14. The van der Waals surface area contributed by atoms with Crippen LogP contribution < -0.4 is 15.4 Å². The molecular weight excluding hydrogens is 347 g/mol. The number of hydrogen-bond donors (Lipinski definition) is 2. The van der Waals surface area contributed by atoms with Gasteiger partial charge in [0.2, 0.25) is 0 Å². The Morgan fingerprint density at radius 1 is 1.17 bits per heavy atom. The Kier molecular flexibility index (Phi) is 6.91. The lowest BCUT2D eigenvalue weighted by molar-refractivity contribution is -0.672. The minimum absolute atomic E-state index is 0.0910. The standard InChI is InChI=1S/C18H20Cl2N2O2/c1-12(21-10-9-13-3-5-14(19)6-4-13)18(23)22-16-11-15(20)7-8-17(16)24-2/h3-8,11-12,21H,9-10H2,1-2H3,(H,22,23)/p+1/t12-/m0/s1. The second kappa shape index (κ2) is 8.92. The summed E-state index contributed by atoms with van der Waals surface area (Å²) in [6, 6.07) is 12.6. The Balaban J connectivity index is 1.86. The summed E-state index contributed by atoms with van der Waals surface area (Å²) in [7, 11) is 1.56. The van der Waals surface area contributed by atoms with Crippen LogP contribution in [0.15, 0.2) is 42.5 Å². The van der Waals surface area contributed by atoms with Gasteiger partial charge < -0.3 is 15.4 Å². The van der Waals surface area contributed by atoms with Crippen molar-refractivity contribution in [1.82, 2.24) is 0 Å². The number of benzene rings is 2. The molecule has 2 aromatic rings. The fourth-order valence-corrected chi connectivity index (χ4v) is 2.58. The van der Waals surface area contributed by atoms with Crippen molar-refractivity contribution < 1.29 is 14.8 Å². The molecule has 0 heterocycles. The van der Waals surface area contributed by atoms with Gasteiger partial charge in [-0.05, 0) is 42.8 Å². The molecular formula is C18H21Cl2N2O2+. The minimum atomic E-state index is -0.221. The molecule has 0 aliphatic carbocycles. The van der Waals surface area contributed by atoms with E-state index < -0.39 is 0 Å². The first-order valence-corrected chi connectivity index (χ1v) is 8.47. The van der Waals surface area contributed by atoms with Crippen LogP contribution in [-0.4, -0.2) is 25.6 Å². The highest BCUT2D eigenvalue weighted by molar-refractivity contribution is 6.31. The van der Waals surface area contributed by atoms with Gasteiger partial charge in [0.1, 0.15) is 5.75 Å². The molecule has 2 rings (SSSR count). The summed E-state index contributed by atoms with van der Waals surface area (Å²) in [6.45, 7) is 2.68. The van der Waals surface area contributed by atoms with Gasteiger partial charge >= 0.3 is 0 Å². The van der Waals surface area contributed by atoms with Crippen LogP contribution in [0.1, 0.15) is 12.5 Å². The van der Waals surface area contributed by atoms with E-state index in [2.05, 4.69) is 5.32 Å². The van der Waals surface area contributed by atoms with E-state index in [9.17, 15) is 4.79 Å². The summed E-state index contributed by atoms with van der Waals surface area (Å²) in [5, 5.41) is 6.14. The molecule has 6 heteroatoms. The molecule has 0 aliphatic rings. The van der Waals surface area contributed by atoms with Gasteiger partial charge in [-0.1, -0.05) is 35.3 Å². The number of carbonyl (C=O) groups is 1. The Morgan fingerprint density at radius 3 is 2.50 bits per heavy atom. The third-order valence-corrected chi connectivity index (χ3v) is 4.19. The molecule has 0 fully saturated rings. The van der Waals surface area contributed by atoms with Crippen molar-refractivity contribution in [3.8, 4) is 5.75 Å². The monoisotopic (exact) mass is 367 g/mol. The van der Waals surface area contributed by atoms with E-state index in [1.165, 1.54) is 5.56 Å². The molecule has 0 spiro atoms. The van der Waals surface area contributed by atoms with Crippen molar-refractivity contribution in [3.05, 3.63) is 58.1 Å². The summed E-state index contributed by atoms with van der Waals surface area (Å²) < 4.78 is 5.24. The molecule has 0 saturated heterocycles. The highest BCUT2D eigenvalue weighted by Crippen LogP contribution is 2.27. The van der Waals surface area contributed by atoms with E-state index in [4.69, 9.17) is 27.9 Å². The maximum atomic E-state index is 12.3. The van der Waals surface area contributed by atoms with Crippen molar-refractivity contribution in [3.63, 3.8) is 0 Å². The maximum Gasteiger partial charge on any atom is 0.282 e. The van der Waals surface area contributed by atoms with Crippen LogP contribution >= 0.6 is 23.2 Å². The highest BCUT2D eigenvalue weighted by atomic mass is 35.5. The smallest absolute Gasteiger partial charge is 0.282 e. The topological polar surface area (TPSA) is 54.9 Å². The Labute approximate surface area is 152 Å². The average molecular weight is 368 g/mol. The van der Waals surface area contributed by atoms with Crippen molar-refractivity contribution in [2.45, 2.75) is 19.4 Å². The second-order valence-corrected chi connectivity index (χ2v) is 6.40. The van der Waals surface area contributed by atoms with E-state index in [0.717, 1.165) is 18.0 Å². The summed E-state index contributed by atoms with van der Waals surface area (Å²) in [4.78, 5) is 12.3. The number of rotatable bonds is 7. The van der Waals surface area contributed by atoms with Crippen LogP contribution in [0.5, 0.6) is 5.75 Å². The lowest BCUT2D eigenvalue weighted by atomic mass is 10.1. The van der Waals surface area contributed by atoms with Gasteiger partial charge in [-0.3, -0.25) is 4.79 Å². The van der Waals surface area contributed by atoms with Gasteiger partial charge in [0.25, 0.3) is 5.91 Å². The first kappa shape index (κ1) is 18.6.